The number of aromatic amines is 1. The molecule has 1 amide bonds. The highest BCUT2D eigenvalue weighted by atomic mass is 19.4. The number of fused-ring (bicyclic) bond motifs is 1. The molecule has 3 N–H and O–H groups in total. The molecule has 1 atom stereocenters. The normalized spacial score (nSPS) is 13.3. The second kappa shape index (κ2) is 7.80. The lowest BCUT2D eigenvalue weighted by molar-refractivity contribution is -0.138. The Hall–Kier alpha value is -3.38. The van der Waals surface area contributed by atoms with Gasteiger partial charge in [0.15, 0.2) is 0 Å². The molecule has 0 aliphatic carbocycles. The Labute approximate surface area is 164 Å². The molecule has 0 aliphatic heterocycles. The smallest absolute Gasteiger partial charge is 0.373 e. The standard InChI is InChI=1S/C17H14F6N6O/c1-8(15(30)26-7-16(18,19)20)28-10-3-13(29-27-5-10)12-6-25-14-11(12)2-9(4-24-14)17(21,22)23/h2-6,8H,7H2,1H3,(H,24,25)(H,26,30)(H,28,29)/t8-/m1/s1. The molecule has 0 saturated carbocycles. The van der Waals surface area contributed by atoms with Gasteiger partial charge in [-0.1, -0.05) is 0 Å². The zero-order valence-corrected chi connectivity index (χ0v) is 15.2. The number of nitrogens with zero attached hydrogens (tertiary/aromatic N) is 3. The SMILES string of the molecule is C[C@@H](Nc1cnnc(-c2c[nH]c3ncc(C(F)(F)F)cc23)c1)C(=O)NCC(F)(F)F. The van der Waals surface area contributed by atoms with Crippen molar-refractivity contribution in [2.75, 3.05) is 11.9 Å². The van der Waals surface area contributed by atoms with Gasteiger partial charge >= 0.3 is 12.4 Å². The van der Waals surface area contributed by atoms with Gasteiger partial charge in [-0.15, -0.1) is 0 Å². The van der Waals surface area contributed by atoms with Crippen LogP contribution >= 0.6 is 0 Å². The molecule has 13 heteroatoms. The second-order valence-corrected chi connectivity index (χ2v) is 6.35. The Morgan fingerprint density at radius 1 is 1.17 bits per heavy atom. The lowest BCUT2D eigenvalue weighted by Gasteiger charge is -2.16. The first-order valence-corrected chi connectivity index (χ1v) is 8.42. The van der Waals surface area contributed by atoms with Crippen molar-refractivity contribution in [3.8, 4) is 11.3 Å². The van der Waals surface area contributed by atoms with Crippen LogP contribution in [0.3, 0.4) is 0 Å². The summed E-state index contributed by atoms with van der Waals surface area (Å²) in [5.74, 6) is -0.892. The van der Waals surface area contributed by atoms with Gasteiger partial charge in [-0.05, 0) is 19.1 Å². The number of anilines is 1. The number of rotatable bonds is 5. The van der Waals surface area contributed by atoms with Crippen LogP contribution in [0.2, 0.25) is 0 Å². The van der Waals surface area contributed by atoms with Crippen molar-refractivity contribution < 1.29 is 31.1 Å². The molecule has 3 aromatic rings. The highest BCUT2D eigenvalue weighted by Gasteiger charge is 2.32. The van der Waals surface area contributed by atoms with Gasteiger partial charge in [0.05, 0.1) is 23.1 Å². The Morgan fingerprint density at radius 2 is 1.90 bits per heavy atom. The van der Waals surface area contributed by atoms with Crippen molar-refractivity contribution in [2.24, 2.45) is 0 Å². The third kappa shape index (κ3) is 4.96. The summed E-state index contributed by atoms with van der Waals surface area (Å²) in [5, 5.41) is 12.2. The lowest BCUT2D eigenvalue weighted by atomic mass is 10.1. The van der Waals surface area contributed by atoms with E-state index in [1.54, 1.807) is 5.32 Å². The van der Waals surface area contributed by atoms with E-state index in [1.165, 1.54) is 25.4 Å². The van der Waals surface area contributed by atoms with E-state index in [2.05, 4.69) is 25.5 Å². The average molecular weight is 432 g/mol. The van der Waals surface area contributed by atoms with Crippen molar-refractivity contribution in [3.05, 3.63) is 36.3 Å². The number of carbonyl (C=O) groups is 1. The van der Waals surface area contributed by atoms with Crippen LogP contribution in [0.25, 0.3) is 22.3 Å². The molecule has 0 saturated heterocycles. The van der Waals surface area contributed by atoms with Crippen LogP contribution in [-0.4, -0.2) is 44.8 Å². The molecule has 3 aromatic heterocycles. The van der Waals surface area contributed by atoms with Crippen LogP contribution in [0.1, 0.15) is 12.5 Å². The quantitative estimate of drug-likeness (QED) is 0.537. The summed E-state index contributed by atoms with van der Waals surface area (Å²) >= 11 is 0. The fraction of sp³-hybridized carbons (Fsp3) is 0.294. The molecule has 7 nitrogen and oxygen atoms in total. The number of halogens is 6. The number of hydrogen-bond donors (Lipinski definition) is 3. The number of alkyl halides is 6. The predicted octanol–water partition coefficient (Wildman–Crippen LogP) is 3.52. The van der Waals surface area contributed by atoms with Crippen molar-refractivity contribution in [1.82, 2.24) is 25.5 Å². The molecule has 3 rings (SSSR count). The average Bonchev–Trinajstić information content (AvgIpc) is 3.08. The Kier molecular flexibility index (Phi) is 5.55. The summed E-state index contributed by atoms with van der Waals surface area (Å²) in [6.07, 6.45) is -5.78. The summed E-state index contributed by atoms with van der Waals surface area (Å²) in [6.45, 7) is -0.126. The molecule has 3 heterocycles. The molecular weight excluding hydrogens is 418 g/mol. The highest BCUT2D eigenvalue weighted by molar-refractivity contribution is 5.93. The van der Waals surface area contributed by atoms with E-state index in [9.17, 15) is 31.1 Å². The van der Waals surface area contributed by atoms with Crippen molar-refractivity contribution in [1.29, 1.82) is 0 Å². The van der Waals surface area contributed by atoms with Gasteiger partial charge < -0.3 is 15.6 Å². The van der Waals surface area contributed by atoms with E-state index in [1.807, 2.05) is 0 Å². The van der Waals surface area contributed by atoms with Crippen molar-refractivity contribution >= 4 is 22.6 Å². The van der Waals surface area contributed by atoms with Gasteiger partial charge in [0.2, 0.25) is 5.91 Å². The predicted molar refractivity (Wildman–Crippen MR) is 94.3 cm³/mol. The van der Waals surface area contributed by atoms with Gasteiger partial charge in [-0.25, -0.2) is 4.98 Å². The minimum absolute atomic E-state index is 0.159. The summed E-state index contributed by atoms with van der Waals surface area (Å²) < 4.78 is 75.6. The molecular formula is C17H14F6N6O. The molecule has 0 aliphatic rings. The number of aromatic nitrogens is 4. The first-order valence-electron chi connectivity index (χ1n) is 8.42. The third-order valence-corrected chi connectivity index (χ3v) is 4.03. The first kappa shape index (κ1) is 21.3. The number of hydrogen-bond acceptors (Lipinski definition) is 5. The van der Waals surface area contributed by atoms with Gasteiger partial charge in [-0.2, -0.15) is 36.5 Å². The molecule has 0 unspecified atom stereocenters. The number of H-pyrrole nitrogens is 1. The third-order valence-electron chi connectivity index (χ3n) is 4.03. The minimum Gasteiger partial charge on any atom is -0.373 e. The van der Waals surface area contributed by atoms with E-state index in [0.717, 1.165) is 6.07 Å². The molecule has 0 fully saturated rings. The maximum Gasteiger partial charge on any atom is 0.417 e. The van der Waals surface area contributed by atoms with Crippen molar-refractivity contribution in [3.63, 3.8) is 0 Å². The van der Waals surface area contributed by atoms with Crippen LogP contribution in [0.5, 0.6) is 0 Å². The highest BCUT2D eigenvalue weighted by Crippen LogP contribution is 2.34. The zero-order chi connectivity index (χ0) is 22.1. The van der Waals surface area contributed by atoms with Gasteiger partial charge in [-0.3, -0.25) is 4.79 Å². The molecule has 160 valence electrons. The fourth-order valence-corrected chi connectivity index (χ4v) is 2.60. The van der Waals surface area contributed by atoms with Crippen molar-refractivity contribution in [2.45, 2.75) is 25.3 Å². The Bertz CT molecular complexity index is 1060. The second-order valence-electron chi connectivity index (χ2n) is 6.35. The van der Waals surface area contributed by atoms with Gasteiger partial charge in [0.25, 0.3) is 0 Å². The number of amides is 1. The largest absolute Gasteiger partial charge is 0.417 e. The van der Waals surface area contributed by atoms with Crippen LogP contribution in [0.4, 0.5) is 32.0 Å². The number of nitrogens with one attached hydrogen (secondary N) is 3. The van der Waals surface area contributed by atoms with Gasteiger partial charge in [0.1, 0.15) is 18.2 Å². The Morgan fingerprint density at radius 3 is 2.57 bits per heavy atom. The maximum absolute atomic E-state index is 13.0. The minimum atomic E-state index is -4.58. The fourth-order valence-electron chi connectivity index (χ4n) is 2.60. The summed E-state index contributed by atoms with van der Waals surface area (Å²) in [5.41, 5.74) is -0.0285. The van der Waals surface area contributed by atoms with E-state index in [4.69, 9.17) is 0 Å². The lowest BCUT2D eigenvalue weighted by Crippen LogP contribution is -2.42. The monoisotopic (exact) mass is 432 g/mol. The molecule has 0 aromatic carbocycles. The number of carbonyl (C=O) groups excluding carboxylic acids is 1. The van der Waals surface area contributed by atoms with Crippen LogP contribution in [0, 0.1) is 0 Å². The molecule has 0 bridgehead atoms. The van der Waals surface area contributed by atoms with Crippen LogP contribution < -0.4 is 10.6 Å². The Balaban J connectivity index is 1.83. The number of pyridine rings is 1. The molecule has 30 heavy (non-hydrogen) atoms. The van der Waals surface area contributed by atoms with Gasteiger partial charge in [0, 0.05) is 23.3 Å². The van der Waals surface area contributed by atoms with E-state index in [0.29, 0.717) is 6.20 Å². The maximum atomic E-state index is 13.0. The van der Waals surface area contributed by atoms with Crippen LogP contribution in [0.15, 0.2) is 30.7 Å². The topological polar surface area (TPSA) is 95.6 Å². The van der Waals surface area contributed by atoms with E-state index >= 15 is 0 Å². The molecule has 0 spiro atoms. The first-order chi connectivity index (χ1) is 13.9. The zero-order valence-electron chi connectivity index (χ0n) is 15.2. The van der Waals surface area contributed by atoms with E-state index < -0.39 is 36.4 Å². The summed E-state index contributed by atoms with van der Waals surface area (Å²) in [4.78, 5) is 18.3. The van der Waals surface area contributed by atoms with E-state index in [-0.39, 0.29) is 28.0 Å². The summed E-state index contributed by atoms with van der Waals surface area (Å²) in [6, 6.07) is 1.29. The summed E-state index contributed by atoms with van der Waals surface area (Å²) in [7, 11) is 0. The van der Waals surface area contributed by atoms with Crippen LogP contribution in [-0.2, 0) is 11.0 Å². The molecule has 0 radical (unpaired) electrons.